The van der Waals surface area contributed by atoms with Gasteiger partial charge in [-0.25, -0.2) is 4.79 Å². The van der Waals surface area contributed by atoms with Crippen LogP contribution in [-0.2, 0) is 9.53 Å². The van der Waals surface area contributed by atoms with E-state index in [1.807, 2.05) is 13.8 Å². The lowest BCUT2D eigenvalue weighted by atomic mass is 10.1. The molecule has 0 fully saturated rings. The Labute approximate surface area is 182 Å². The number of carbonyl (C=O) groups excluding carboxylic acids is 2. The van der Waals surface area contributed by atoms with E-state index in [9.17, 15) is 9.59 Å². The Morgan fingerprint density at radius 2 is 1.58 bits per heavy atom. The Kier molecular flexibility index (Phi) is 8.99. The number of esters is 1. The first-order chi connectivity index (χ1) is 14.9. The van der Waals surface area contributed by atoms with E-state index in [0.29, 0.717) is 36.2 Å². The van der Waals surface area contributed by atoms with Gasteiger partial charge in [0.05, 0.1) is 39.0 Å². The van der Waals surface area contributed by atoms with Crippen LogP contribution in [-0.4, -0.2) is 45.9 Å². The molecule has 0 aliphatic heterocycles. The monoisotopic (exact) mass is 431 g/mol. The third-order valence-corrected chi connectivity index (χ3v) is 4.39. The Morgan fingerprint density at radius 3 is 2.23 bits per heavy atom. The van der Waals surface area contributed by atoms with Crippen molar-refractivity contribution >= 4 is 11.9 Å². The Morgan fingerprint density at radius 1 is 0.903 bits per heavy atom. The smallest absolute Gasteiger partial charge is 0.338 e. The zero-order chi connectivity index (χ0) is 22.8. The van der Waals surface area contributed by atoms with Gasteiger partial charge in [0.1, 0.15) is 11.5 Å². The summed E-state index contributed by atoms with van der Waals surface area (Å²) in [5.74, 6) is 1.17. The summed E-state index contributed by atoms with van der Waals surface area (Å²) in [6.07, 6.45) is 0. The molecule has 1 N–H and O–H groups in total. The molecular formula is C23H29NO7. The molecule has 1 unspecified atom stereocenters. The lowest BCUT2D eigenvalue weighted by Crippen LogP contribution is -2.31. The standard InChI is InChI=1S/C23H29NO7/c1-6-29-20-10-8-16(12-21(20)30-7-2)23(26)31-14-22(25)24-15(3)18-13-17(27-4)9-11-19(18)28-5/h8-13,15H,6-7,14H2,1-5H3,(H,24,25). The van der Waals surface area contributed by atoms with Crippen LogP contribution < -0.4 is 24.3 Å². The van der Waals surface area contributed by atoms with Crippen molar-refractivity contribution < 1.29 is 33.3 Å². The molecule has 0 aliphatic carbocycles. The molecule has 8 nitrogen and oxygen atoms in total. The van der Waals surface area contributed by atoms with E-state index in [2.05, 4.69) is 5.32 Å². The normalized spacial score (nSPS) is 11.3. The quantitative estimate of drug-likeness (QED) is 0.544. The zero-order valence-corrected chi connectivity index (χ0v) is 18.5. The lowest BCUT2D eigenvalue weighted by Gasteiger charge is -2.18. The predicted molar refractivity (Wildman–Crippen MR) is 115 cm³/mol. The number of carbonyl (C=O) groups is 2. The van der Waals surface area contributed by atoms with Gasteiger partial charge in [0.25, 0.3) is 5.91 Å². The average molecular weight is 431 g/mol. The molecule has 2 aromatic rings. The minimum absolute atomic E-state index is 0.266. The van der Waals surface area contributed by atoms with E-state index < -0.39 is 18.5 Å². The molecule has 0 saturated heterocycles. The molecule has 31 heavy (non-hydrogen) atoms. The highest BCUT2D eigenvalue weighted by Gasteiger charge is 2.18. The van der Waals surface area contributed by atoms with Crippen LogP contribution in [0.1, 0.15) is 42.7 Å². The van der Waals surface area contributed by atoms with Crippen LogP contribution >= 0.6 is 0 Å². The van der Waals surface area contributed by atoms with Gasteiger partial charge in [0, 0.05) is 5.56 Å². The highest BCUT2D eigenvalue weighted by molar-refractivity contribution is 5.92. The zero-order valence-electron chi connectivity index (χ0n) is 18.5. The highest BCUT2D eigenvalue weighted by Crippen LogP contribution is 2.30. The van der Waals surface area contributed by atoms with Crippen molar-refractivity contribution in [3.8, 4) is 23.0 Å². The first-order valence-electron chi connectivity index (χ1n) is 10.0. The van der Waals surface area contributed by atoms with E-state index in [1.165, 1.54) is 0 Å². The molecule has 8 heteroatoms. The van der Waals surface area contributed by atoms with Crippen LogP contribution in [0, 0.1) is 0 Å². The van der Waals surface area contributed by atoms with Crippen LogP contribution in [0.25, 0.3) is 0 Å². The number of ether oxygens (including phenoxy) is 5. The van der Waals surface area contributed by atoms with Gasteiger partial charge in [-0.05, 0) is 57.2 Å². The maximum atomic E-state index is 12.4. The van der Waals surface area contributed by atoms with Gasteiger partial charge in [-0.1, -0.05) is 0 Å². The summed E-state index contributed by atoms with van der Waals surface area (Å²) in [4.78, 5) is 24.7. The summed E-state index contributed by atoms with van der Waals surface area (Å²) in [6.45, 7) is 5.97. The van der Waals surface area contributed by atoms with Gasteiger partial charge < -0.3 is 29.0 Å². The lowest BCUT2D eigenvalue weighted by molar-refractivity contribution is -0.124. The second-order valence-corrected chi connectivity index (χ2v) is 6.50. The van der Waals surface area contributed by atoms with Crippen molar-refractivity contribution in [2.75, 3.05) is 34.0 Å². The van der Waals surface area contributed by atoms with Crippen molar-refractivity contribution in [3.63, 3.8) is 0 Å². The Bertz CT molecular complexity index is 897. The molecule has 0 saturated carbocycles. The van der Waals surface area contributed by atoms with Crippen LogP contribution in [0.15, 0.2) is 36.4 Å². The average Bonchev–Trinajstić information content (AvgIpc) is 2.78. The van der Waals surface area contributed by atoms with E-state index >= 15 is 0 Å². The molecule has 0 heterocycles. The molecule has 168 valence electrons. The first-order valence-corrected chi connectivity index (χ1v) is 10.0. The summed E-state index contributed by atoms with van der Waals surface area (Å²) in [6, 6.07) is 9.68. The fourth-order valence-electron chi connectivity index (χ4n) is 2.93. The number of hydrogen-bond acceptors (Lipinski definition) is 7. The van der Waals surface area contributed by atoms with Gasteiger partial charge >= 0.3 is 5.97 Å². The van der Waals surface area contributed by atoms with Crippen molar-refractivity contribution in [1.29, 1.82) is 0 Å². The minimum Gasteiger partial charge on any atom is -0.497 e. The maximum Gasteiger partial charge on any atom is 0.338 e. The number of nitrogens with one attached hydrogen (secondary N) is 1. The summed E-state index contributed by atoms with van der Waals surface area (Å²) in [7, 11) is 3.11. The second-order valence-electron chi connectivity index (χ2n) is 6.50. The fourth-order valence-corrected chi connectivity index (χ4v) is 2.93. The molecule has 2 aromatic carbocycles. The Hall–Kier alpha value is -3.42. The second kappa shape index (κ2) is 11.7. The van der Waals surface area contributed by atoms with E-state index in [1.54, 1.807) is 57.5 Å². The van der Waals surface area contributed by atoms with Crippen molar-refractivity contribution in [2.24, 2.45) is 0 Å². The number of methoxy groups -OCH3 is 2. The van der Waals surface area contributed by atoms with Gasteiger partial charge in [-0.2, -0.15) is 0 Å². The molecule has 0 bridgehead atoms. The van der Waals surface area contributed by atoms with Crippen LogP contribution in [0.5, 0.6) is 23.0 Å². The largest absolute Gasteiger partial charge is 0.497 e. The van der Waals surface area contributed by atoms with Crippen LogP contribution in [0.4, 0.5) is 0 Å². The molecule has 0 radical (unpaired) electrons. The topological polar surface area (TPSA) is 92.3 Å². The molecule has 1 atom stereocenters. The Balaban J connectivity index is 1.99. The highest BCUT2D eigenvalue weighted by atomic mass is 16.5. The molecule has 0 aromatic heterocycles. The maximum absolute atomic E-state index is 12.4. The van der Waals surface area contributed by atoms with Crippen LogP contribution in [0.2, 0.25) is 0 Å². The SMILES string of the molecule is CCOc1ccc(C(=O)OCC(=O)NC(C)c2cc(OC)ccc2OC)cc1OCC. The van der Waals surface area contributed by atoms with E-state index in [0.717, 1.165) is 5.56 Å². The van der Waals surface area contributed by atoms with Crippen molar-refractivity contribution in [1.82, 2.24) is 5.32 Å². The summed E-state index contributed by atoms with van der Waals surface area (Å²) in [5, 5.41) is 2.79. The summed E-state index contributed by atoms with van der Waals surface area (Å²) < 4.78 is 26.7. The van der Waals surface area contributed by atoms with E-state index in [4.69, 9.17) is 23.7 Å². The number of amides is 1. The number of benzene rings is 2. The number of rotatable bonds is 11. The third kappa shape index (κ3) is 6.53. The van der Waals surface area contributed by atoms with E-state index in [-0.39, 0.29) is 11.6 Å². The van der Waals surface area contributed by atoms with Crippen molar-refractivity contribution in [2.45, 2.75) is 26.8 Å². The summed E-state index contributed by atoms with van der Waals surface area (Å²) in [5.41, 5.74) is 1.01. The molecule has 0 spiro atoms. The predicted octanol–water partition coefficient (Wildman–Crippen LogP) is 3.54. The fraction of sp³-hybridized carbons (Fsp3) is 0.391. The van der Waals surface area contributed by atoms with Gasteiger partial charge in [-0.3, -0.25) is 4.79 Å². The molecular weight excluding hydrogens is 402 g/mol. The molecule has 2 rings (SSSR count). The first kappa shape index (κ1) is 23.9. The van der Waals surface area contributed by atoms with Crippen LogP contribution in [0.3, 0.4) is 0 Å². The van der Waals surface area contributed by atoms with Gasteiger partial charge in [0.15, 0.2) is 18.1 Å². The molecule has 1 amide bonds. The number of hydrogen-bond donors (Lipinski definition) is 1. The molecule has 0 aliphatic rings. The minimum atomic E-state index is -0.634. The third-order valence-electron chi connectivity index (χ3n) is 4.39. The van der Waals surface area contributed by atoms with Gasteiger partial charge in [0.2, 0.25) is 0 Å². The van der Waals surface area contributed by atoms with Gasteiger partial charge in [-0.15, -0.1) is 0 Å². The summed E-state index contributed by atoms with van der Waals surface area (Å²) >= 11 is 0. The van der Waals surface area contributed by atoms with Crippen molar-refractivity contribution in [3.05, 3.63) is 47.5 Å².